The number of amidine groups is 1. The Morgan fingerprint density at radius 3 is 2.85 bits per heavy atom. The second-order valence-electron chi connectivity index (χ2n) is 2.61. The van der Waals surface area contributed by atoms with E-state index in [0.717, 1.165) is 0 Å². The van der Waals surface area contributed by atoms with Crippen LogP contribution in [0.5, 0.6) is 0 Å². The topological polar surface area (TPSA) is 61.9 Å². The number of hydrogen-bond donors (Lipinski definition) is 3. The Bertz CT molecular complexity index is 323. The summed E-state index contributed by atoms with van der Waals surface area (Å²) in [6, 6.07) is 4.57. The Hall–Kier alpha value is -1.58. The van der Waals surface area contributed by atoms with E-state index in [1.54, 1.807) is 12.1 Å². The van der Waals surface area contributed by atoms with Crippen molar-refractivity contribution in [2.45, 2.75) is 6.92 Å². The van der Waals surface area contributed by atoms with Crippen molar-refractivity contribution in [2.75, 3.05) is 11.9 Å². The highest BCUT2D eigenvalue weighted by molar-refractivity contribution is 6.00. The van der Waals surface area contributed by atoms with Crippen LogP contribution in [0.2, 0.25) is 0 Å². The lowest BCUT2D eigenvalue weighted by Crippen LogP contribution is -2.16. The van der Waals surface area contributed by atoms with E-state index >= 15 is 0 Å². The van der Waals surface area contributed by atoms with Crippen LogP contribution < -0.4 is 11.1 Å². The van der Waals surface area contributed by atoms with E-state index in [-0.39, 0.29) is 11.4 Å². The van der Waals surface area contributed by atoms with Gasteiger partial charge in [-0.15, -0.1) is 0 Å². The average molecular weight is 181 g/mol. The molecule has 0 aliphatic heterocycles. The Morgan fingerprint density at radius 2 is 2.31 bits per heavy atom. The van der Waals surface area contributed by atoms with Crippen molar-refractivity contribution < 1.29 is 4.39 Å². The summed E-state index contributed by atoms with van der Waals surface area (Å²) in [5, 5.41) is 10.1. The molecular formula is C9H12FN3. The van der Waals surface area contributed by atoms with Gasteiger partial charge in [-0.25, -0.2) is 4.39 Å². The van der Waals surface area contributed by atoms with Gasteiger partial charge in [0, 0.05) is 12.2 Å². The Balaban J connectivity index is 3.17. The average Bonchev–Trinajstić information content (AvgIpc) is 2.04. The zero-order valence-electron chi connectivity index (χ0n) is 7.39. The number of rotatable bonds is 3. The number of hydrogen-bond acceptors (Lipinski definition) is 2. The molecule has 0 aliphatic carbocycles. The van der Waals surface area contributed by atoms with Crippen molar-refractivity contribution in [2.24, 2.45) is 5.73 Å². The second kappa shape index (κ2) is 3.89. The molecule has 0 atom stereocenters. The first-order valence-corrected chi connectivity index (χ1v) is 4.03. The molecule has 0 spiro atoms. The number of anilines is 1. The molecule has 0 heterocycles. The maximum absolute atomic E-state index is 13.2. The van der Waals surface area contributed by atoms with Crippen molar-refractivity contribution in [3.63, 3.8) is 0 Å². The second-order valence-corrected chi connectivity index (χ2v) is 2.61. The fourth-order valence-corrected chi connectivity index (χ4v) is 1.14. The van der Waals surface area contributed by atoms with Crippen LogP contribution in [0.25, 0.3) is 0 Å². The molecule has 0 fully saturated rings. The lowest BCUT2D eigenvalue weighted by atomic mass is 10.1. The van der Waals surface area contributed by atoms with Gasteiger partial charge >= 0.3 is 0 Å². The minimum Gasteiger partial charge on any atom is -0.385 e. The molecule has 13 heavy (non-hydrogen) atoms. The molecule has 0 aliphatic rings. The summed E-state index contributed by atoms with van der Waals surface area (Å²) < 4.78 is 13.2. The van der Waals surface area contributed by atoms with Crippen molar-refractivity contribution >= 4 is 11.5 Å². The molecule has 70 valence electrons. The zero-order chi connectivity index (χ0) is 9.84. The van der Waals surface area contributed by atoms with Crippen LogP contribution in [0.3, 0.4) is 0 Å². The minimum absolute atomic E-state index is 0.143. The summed E-state index contributed by atoms with van der Waals surface area (Å²) in [7, 11) is 0. The predicted molar refractivity (Wildman–Crippen MR) is 51.6 cm³/mol. The quantitative estimate of drug-likeness (QED) is 0.489. The molecule has 3 nitrogen and oxygen atoms in total. The standard InChI is InChI=1S/C9H12FN3/c1-2-13-7-5-3-4-6(10)8(7)9(11)12/h3-5,13H,2H2,1H3,(H3,11,12). The summed E-state index contributed by atoms with van der Waals surface area (Å²) in [5.41, 5.74) is 5.96. The normalized spacial score (nSPS) is 9.69. The van der Waals surface area contributed by atoms with Crippen molar-refractivity contribution in [3.05, 3.63) is 29.6 Å². The van der Waals surface area contributed by atoms with E-state index < -0.39 is 5.82 Å². The molecule has 0 radical (unpaired) electrons. The molecule has 1 aromatic carbocycles. The molecule has 4 N–H and O–H groups in total. The van der Waals surface area contributed by atoms with Crippen molar-refractivity contribution in [1.29, 1.82) is 5.41 Å². The number of nitrogen functional groups attached to an aromatic ring is 1. The number of nitrogens with one attached hydrogen (secondary N) is 2. The number of nitrogens with two attached hydrogens (primary N) is 1. The summed E-state index contributed by atoms with van der Waals surface area (Å²) in [4.78, 5) is 0. The first kappa shape index (κ1) is 9.51. The molecule has 0 unspecified atom stereocenters. The van der Waals surface area contributed by atoms with Crippen LogP contribution in [0.4, 0.5) is 10.1 Å². The molecule has 1 aromatic rings. The van der Waals surface area contributed by atoms with Gasteiger partial charge in [-0.1, -0.05) is 6.07 Å². The maximum Gasteiger partial charge on any atom is 0.136 e. The molecule has 0 amide bonds. The van der Waals surface area contributed by atoms with Crippen LogP contribution >= 0.6 is 0 Å². The van der Waals surface area contributed by atoms with Gasteiger partial charge in [-0.2, -0.15) is 0 Å². The van der Waals surface area contributed by atoms with E-state index in [0.29, 0.717) is 12.2 Å². The monoisotopic (exact) mass is 181 g/mol. The van der Waals surface area contributed by atoms with Crippen LogP contribution in [0.1, 0.15) is 12.5 Å². The minimum atomic E-state index is -0.467. The Labute approximate surface area is 76.3 Å². The van der Waals surface area contributed by atoms with Gasteiger partial charge in [0.15, 0.2) is 0 Å². The largest absolute Gasteiger partial charge is 0.385 e. The molecule has 1 rings (SSSR count). The summed E-state index contributed by atoms with van der Waals surface area (Å²) >= 11 is 0. The van der Waals surface area contributed by atoms with Gasteiger partial charge in [0.2, 0.25) is 0 Å². The van der Waals surface area contributed by atoms with Crippen LogP contribution in [-0.4, -0.2) is 12.4 Å². The highest BCUT2D eigenvalue weighted by atomic mass is 19.1. The fourth-order valence-electron chi connectivity index (χ4n) is 1.14. The lowest BCUT2D eigenvalue weighted by molar-refractivity contribution is 0.625. The molecule has 0 aromatic heterocycles. The SMILES string of the molecule is CCNc1cccc(F)c1C(=N)N. The molecular weight excluding hydrogens is 169 g/mol. The van der Waals surface area contributed by atoms with Gasteiger partial charge < -0.3 is 11.1 Å². The third-order valence-corrected chi connectivity index (χ3v) is 1.65. The van der Waals surface area contributed by atoms with Crippen molar-refractivity contribution in [3.8, 4) is 0 Å². The van der Waals surface area contributed by atoms with E-state index in [1.807, 2.05) is 6.92 Å². The van der Waals surface area contributed by atoms with E-state index in [9.17, 15) is 4.39 Å². The van der Waals surface area contributed by atoms with Gasteiger partial charge in [-0.3, -0.25) is 5.41 Å². The van der Waals surface area contributed by atoms with Gasteiger partial charge in [0.1, 0.15) is 11.7 Å². The lowest BCUT2D eigenvalue weighted by Gasteiger charge is -2.09. The fraction of sp³-hybridized carbons (Fsp3) is 0.222. The van der Waals surface area contributed by atoms with Crippen molar-refractivity contribution in [1.82, 2.24) is 0 Å². The van der Waals surface area contributed by atoms with Crippen LogP contribution in [0.15, 0.2) is 18.2 Å². The first-order chi connectivity index (χ1) is 6.16. The van der Waals surface area contributed by atoms with Crippen LogP contribution in [0, 0.1) is 11.2 Å². The molecule has 4 heteroatoms. The maximum atomic E-state index is 13.2. The summed E-state index contributed by atoms with van der Waals surface area (Å²) in [6.07, 6.45) is 0. The van der Waals surface area contributed by atoms with Crippen LogP contribution in [-0.2, 0) is 0 Å². The molecule has 0 bridgehead atoms. The van der Waals surface area contributed by atoms with E-state index in [4.69, 9.17) is 11.1 Å². The Morgan fingerprint density at radius 1 is 1.62 bits per heavy atom. The number of benzene rings is 1. The number of halogens is 1. The Kier molecular flexibility index (Phi) is 2.84. The third kappa shape index (κ3) is 1.96. The molecule has 0 saturated heterocycles. The summed E-state index contributed by atoms with van der Waals surface area (Å²) in [5.74, 6) is -0.722. The van der Waals surface area contributed by atoms with E-state index in [1.165, 1.54) is 6.07 Å². The molecule has 0 saturated carbocycles. The zero-order valence-corrected chi connectivity index (χ0v) is 7.39. The van der Waals surface area contributed by atoms with E-state index in [2.05, 4.69) is 5.32 Å². The third-order valence-electron chi connectivity index (χ3n) is 1.65. The first-order valence-electron chi connectivity index (χ1n) is 4.03. The van der Waals surface area contributed by atoms with Gasteiger partial charge in [-0.05, 0) is 19.1 Å². The van der Waals surface area contributed by atoms with Gasteiger partial charge in [0.05, 0.1) is 5.56 Å². The summed E-state index contributed by atoms with van der Waals surface area (Å²) in [6.45, 7) is 2.57. The predicted octanol–water partition coefficient (Wildman–Crippen LogP) is 1.54. The highest BCUT2D eigenvalue weighted by Gasteiger charge is 2.09. The highest BCUT2D eigenvalue weighted by Crippen LogP contribution is 2.17. The van der Waals surface area contributed by atoms with Gasteiger partial charge in [0.25, 0.3) is 0 Å². The smallest absolute Gasteiger partial charge is 0.136 e.